The van der Waals surface area contributed by atoms with Gasteiger partial charge in [-0.15, -0.1) is 0 Å². The van der Waals surface area contributed by atoms with Crippen molar-refractivity contribution in [1.29, 1.82) is 0 Å². The van der Waals surface area contributed by atoms with E-state index >= 15 is 0 Å². The number of hydrogen-bond donors (Lipinski definition) is 2. The van der Waals surface area contributed by atoms with Gasteiger partial charge in [0, 0.05) is 11.6 Å². The zero-order valence-electron chi connectivity index (χ0n) is 16.6. The first-order valence-electron chi connectivity index (χ1n) is 9.53. The average molecular weight is 377 g/mol. The molecule has 26 heavy (non-hydrogen) atoms. The minimum absolute atomic E-state index is 0.0688. The molecule has 144 valence electrons. The summed E-state index contributed by atoms with van der Waals surface area (Å²) in [7, 11) is 0. The second kappa shape index (κ2) is 8.85. The molecule has 0 atom stereocenters. The highest BCUT2D eigenvalue weighted by Gasteiger charge is 2.29. The van der Waals surface area contributed by atoms with E-state index in [9.17, 15) is 4.79 Å². The number of amides is 1. The molecule has 0 bridgehead atoms. The molecule has 4 nitrogen and oxygen atoms in total. The number of carbonyl (C=O) groups excluding carboxylic acids is 1. The van der Waals surface area contributed by atoms with E-state index in [0.29, 0.717) is 27.9 Å². The monoisotopic (exact) mass is 376 g/mol. The highest BCUT2D eigenvalue weighted by molar-refractivity contribution is 7.80. The van der Waals surface area contributed by atoms with E-state index in [1.165, 1.54) is 12.8 Å². The van der Waals surface area contributed by atoms with E-state index in [0.717, 1.165) is 18.8 Å². The van der Waals surface area contributed by atoms with Crippen LogP contribution in [-0.4, -0.2) is 23.2 Å². The van der Waals surface area contributed by atoms with Crippen LogP contribution in [0.1, 0.15) is 70.7 Å². The summed E-state index contributed by atoms with van der Waals surface area (Å²) in [4.78, 5) is 12.4. The number of carbonyl (C=O) groups is 1. The summed E-state index contributed by atoms with van der Waals surface area (Å²) < 4.78 is 5.64. The largest absolute Gasteiger partial charge is 0.491 e. The second-order valence-electron chi connectivity index (χ2n) is 8.54. The van der Waals surface area contributed by atoms with Gasteiger partial charge in [-0.1, -0.05) is 26.8 Å². The zero-order valence-corrected chi connectivity index (χ0v) is 17.4. The first kappa shape index (κ1) is 20.7. The Hall–Kier alpha value is -1.62. The molecule has 1 aromatic rings. The van der Waals surface area contributed by atoms with Gasteiger partial charge in [-0.2, -0.15) is 0 Å². The van der Waals surface area contributed by atoms with Crippen molar-refractivity contribution >= 4 is 23.2 Å². The van der Waals surface area contributed by atoms with Crippen molar-refractivity contribution in [2.45, 2.75) is 72.4 Å². The molecule has 1 amide bonds. The van der Waals surface area contributed by atoms with E-state index in [2.05, 4.69) is 31.4 Å². The summed E-state index contributed by atoms with van der Waals surface area (Å²) in [6, 6.07) is 7.52. The molecule has 0 aromatic heterocycles. The maximum atomic E-state index is 12.4. The van der Waals surface area contributed by atoms with Crippen LogP contribution >= 0.6 is 12.2 Å². The van der Waals surface area contributed by atoms with Crippen LogP contribution in [0.25, 0.3) is 0 Å². The molecule has 0 aliphatic heterocycles. The molecule has 1 saturated carbocycles. The molecular formula is C21H32N2O2S. The molecule has 0 saturated heterocycles. The average Bonchev–Trinajstić information content (AvgIpc) is 2.54. The van der Waals surface area contributed by atoms with E-state index in [-0.39, 0.29) is 12.0 Å². The summed E-state index contributed by atoms with van der Waals surface area (Å²) in [5.74, 6) is 1.24. The van der Waals surface area contributed by atoms with Crippen LogP contribution in [0.2, 0.25) is 0 Å². The van der Waals surface area contributed by atoms with Crippen LogP contribution in [0, 0.1) is 11.3 Å². The van der Waals surface area contributed by atoms with Crippen molar-refractivity contribution in [2.75, 3.05) is 0 Å². The minimum Gasteiger partial charge on any atom is -0.491 e. The number of rotatable bonds is 4. The Kier molecular flexibility index (Phi) is 7.04. The maximum Gasteiger partial charge on any atom is 0.257 e. The van der Waals surface area contributed by atoms with Gasteiger partial charge >= 0.3 is 0 Å². The first-order chi connectivity index (χ1) is 12.1. The van der Waals surface area contributed by atoms with Gasteiger partial charge in [-0.05, 0) is 81.3 Å². The van der Waals surface area contributed by atoms with Gasteiger partial charge in [0.15, 0.2) is 5.11 Å². The molecule has 1 fully saturated rings. The highest BCUT2D eigenvalue weighted by atomic mass is 32.1. The van der Waals surface area contributed by atoms with Crippen LogP contribution in [-0.2, 0) is 0 Å². The summed E-state index contributed by atoms with van der Waals surface area (Å²) in [6.07, 6.45) is 4.66. The molecule has 1 aliphatic rings. The predicted molar refractivity (Wildman–Crippen MR) is 111 cm³/mol. The van der Waals surface area contributed by atoms with Gasteiger partial charge in [0.1, 0.15) is 5.75 Å². The van der Waals surface area contributed by atoms with Gasteiger partial charge in [-0.3, -0.25) is 10.1 Å². The van der Waals surface area contributed by atoms with Crippen molar-refractivity contribution in [1.82, 2.24) is 10.6 Å². The minimum atomic E-state index is -0.208. The Morgan fingerprint density at radius 3 is 2.42 bits per heavy atom. The quantitative estimate of drug-likeness (QED) is 0.749. The van der Waals surface area contributed by atoms with Gasteiger partial charge in [0.05, 0.1) is 6.10 Å². The first-order valence-corrected chi connectivity index (χ1v) is 9.94. The molecular weight excluding hydrogens is 344 g/mol. The van der Waals surface area contributed by atoms with Gasteiger partial charge < -0.3 is 10.1 Å². The van der Waals surface area contributed by atoms with Gasteiger partial charge in [-0.25, -0.2) is 0 Å². The summed E-state index contributed by atoms with van der Waals surface area (Å²) >= 11 is 5.34. The smallest absolute Gasteiger partial charge is 0.257 e. The van der Waals surface area contributed by atoms with Crippen LogP contribution in [0.4, 0.5) is 0 Å². The number of nitrogens with one attached hydrogen (secondary N) is 2. The number of hydrogen-bond acceptors (Lipinski definition) is 3. The van der Waals surface area contributed by atoms with Crippen molar-refractivity contribution < 1.29 is 9.53 Å². The molecule has 1 aromatic carbocycles. The van der Waals surface area contributed by atoms with E-state index < -0.39 is 0 Å². The highest BCUT2D eigenvalue weighted by Crippen LogP contribution is 2.37. The van der Waals surface area contributed by atoms with Crippen LogP contribution in [0.5, 0.6) is 5.75 Å². The number of thiocarbonyl (C=S) groups is 1. The third kappa shape index (κ3) is 6.27. The fourth-order valence-electron chi connectivity index (χ4n) is 3.48. The molecule has 2 rings (SSSR count). The Balaban J connectivity index is 1.84. The molecule has 0 heterocycles. The summed E-state index contributed by atoms with van der Waals surface area (Å²) in [5, 5.41) is 6.50. The molecule has 0 spiro atoms. The molecule has 5 heteroatoms. The SMILES string of the molecule is CC(C)Oc1cccc(C(=O)NC(=S)NC2CCC(C(C)(C)C)CC2)c1. The second-order valence-corrected chi connectivity index (χ2v) is 8.94. The van der Waals surface area contributed by atoms with Gasteiger partial charge in [0.2, 0.25) is 0 Å². The molecule has 0 unspecified atom stereocenters. The van der Waals surface area contributed by atoms with Crippen molar-refractivity contribution in [2.24, 2.45) is 11.3 Å². The van der Waals surface area contributed by atoms with Crippen LogP contribution in [0.15, 0.2) is 24.3 Å². The number of benzene rings is 1. The Morgan fingerprint density at radius 2 is 1.85 bits per heavy atom. The van der Waals surface area contributed by atoms with E-state index in [1.807, 2.05) is 26.0 Å². The Morgan fingerprint density at radius 1 is 1.19 bits per heavy atom. The molecule has 0 radical (unpaired) electrons. The van der Waals surface area contributed by atoms with E-state index in [4.69, 9.17) is 17.0 Å². The maximum absolute atomic E-state index is 12.4. The Bertz CT molecular complexity index is 629. The van der Waals surface area contributed by atoms with Crippen LogP contribution in [0.3, 0.4) is 0 Å². The third-order valence-corrected chi connectivity index (χ3v) is 5.20. The lowest BCUT2D eigenvalue weighted by Gasteiger charge is -2.37. The lowest BCUT2D eigenvalue weighted by Crippen LogP contribution is -2.46. The lowest BCUT2D eigenvalue weighted by atomic mass is 9.71. The molecule has 1 aliphatic carbocycles. The predicted octanol–water partition coefficient (Wildman–Crippen LogP) is 4.68. The lowest BCUT2D eigenvalue weighted by molar-refractivity contribution is 0.0975. The van der Waals surface area contributed by atoms with Crippen molar-refractivity contribution in [3.8, 4) is 5.75 Å². The van der Waals surface area contributed by atoms with Crippen molar-refractivity contribution in [3.63, 3.8) is 0 Å². The standard InChI is InChI=1S/C21H32N2O2S/c1-14(2)25-18-8-6-7-15(13-18)19(24)23-20(26)22-17-11-9-16(10-12-17)21(3,4)5/h6-8,13-14,16-17H,9-12H2,1-5H3,(H2,22,23,24,26). The molecule has 2 N–H and O–H groups in total. The van der Waals surface area contributed by atoms with E-state index in [1.54, 1.807) is 12.1 Å². The zero-order chi connectivity index (χ0) is 19.3. The third-order valence-electron chi connectivity index (χ3n) is 4.98. The number of ether oxygens (including phenoxy) is 1. The fraction of sp³-hybridized carbons (Fsp3) is 0.619. The Labute approximate surface area is 163 Å². The summed E-state index contributed by atoms with van der Waals surface area (Å²) in [6.45, 7) is 10.9. The van der Waals surface area contributed by atoms with Gasteiger partial charge in [0.25, 0.3) is 5.91 Å². The normalized spacial score (nSPS) is 20.5. The topological polar surface area (TPSA) is 50.4 Å². The van der Waals surface area contributed by atoms with Crippen LogP contribution < -0.4 is 15.4 Å². The van der Waals surface area contributed by atoms with Crippen molar-refractivity contribution in [3.05, 3.63) is 29.8 Å². The fourth-order valence-corrected chi connectivity index (χ4v) is 3.74. The summed E-state index contributed by atoms with van der Waals surface area (Å²) in [5.41, 5.74) is 0.909.